The van der Waals surface area contributed by atoms with Crippen LogP contribution in [0.25, 0.3) is 0 Å². The number of amides is 1. The molecule has 0 bridgehead atoms. The van der Waals surface area contributed by atoms with E-state index in [0.29, 0.717) is 11.3 Å². The summed E-state index contributed by atoms with van der Waals surface area (Å²) in [6.45, 7) is 6.97. The molecule has 1 aliphatic carbocycles. The van der Waals surface area contributed by atoms with Crippen LogP contribution in [0.5, 0.6) is 0 Å². The zero-order chi connectivity index (χ0) is 17.8. The Morgan fingerprint density at radius 3 is 2.76 bits per heavy atom. The number of benzene rings is 1. The van der Waals surface area contributed by atoms with E-state index < -0.39 is 0 Å². The van der Waals surface area contributed by atoms with Crippen LogP contribution >= 0.6 is 27.3 Å². The van der Waals surface area contributed by atoms with Crippen molar-refractivity contribution in [2.75, 3.05) is 5.32 Å². The first-order chi connectivity index (χ1) is 11.8. The summed E-state index contributed by atoms with van der Waals surface area (Å²) in [7, 11) is 0. The fraction of sp³-hybridized carbons (Fsp3) is 0.450. The minimum Gasteiger partial charge on any atom is -0.353 e. The maximum absolute atomic E-state index is 12.8. The molecule has 2 N–H and O–H groups in total. The smallest absolute Gasteiger partial charge is 0.256 e. The van der Waals surface area contributed by atoms with E-state index in [4.69, 9.17) is 0 Å². The Labute approximate surface area is 161 Å². The average Bonchev–Trinajstić information content (AvgIpc) is 2.92. The largest absolute Gasteiger partial charge is 0.353 e. The summed E-state index contributed by atoms with van der Waals surface area (Å²) >= 11 is 5.29. The lowest BCUT2D eigenvalue weighted by Crippen LogP contribution is -2.38. The Morgan fingerprint density at radius 2 is 2.04 bits per heavy atom. The molecule has 1 aromatic carbocycles. The highest BCUT2D eigenvalue weighted by molar-refractivity contribution is 9.10. The molecule has 1 amide bonds. The minimum absolute atomic E-state index is 0.0606. The van der Waals surface area contributed by atoms with Gasteiger partial charge in [-0.15, -0.1) is 11.3 Å². The summed E-state index contributed by atoms with van der Waals surface area (Å²) in [6, 6.07) is 8.08. The van der Waals surface area contributed by atoms with Gasteiger partial charge >= 0.3 is 0 Å². The summed E-state index contributed by atoms with van der Waals surface area (Å²) in [4.78, 5) is 14.2. The fourth-order valence-corrected chi connectivity index (χ4v) is 5.66. The van der Waals surface area contributed by atoms with Crippen molar-refractivity contribution in [1.82, 2.24) is 5.32 Å². The lowest BCUT2D eigenvalue weighted by atomic mass is 9.72. The predicted molar refractivity (Wildman–Crippen MR) is 107 cm³/mol. The molecule has 1 aromatic heterocycles. The molecule has 0 unspecified atom stereocenters. The number of fused-ring (bicyclic) bond motifs is 3. The van der Waals surface area contributed by atoms with Gasteiger partial charge in [0.1, 0.15) is 11.2 Å². The van der Waals surface area contributed by atoms with E-state index in [2.05, 4.69) is 47.3 Å². The maximum Gasteiger partial charge on any atom is 0.256 e. The zero-order valence-electron chi connectivity index (χ0n) is 14.8. The van der Waals surface area contributed by atoms with E-state index in [1.54, 1.807) is 11.3 Å². The van der Waals surface area contributed by atoms with E-state index >= 15 is 0 Å². The van der Waals surface area contributed by atoms with Crippen molar-refractivity contribution in [3.8, 4) is 0 Å². The summed E-state index contributed by atoms with van der Waals surface area (Å²) in [6.07, 6.45) is 3.10. The monoisotopic (exact) mass is 418 g/mol. The van der Waals surface area contributed by atoms with Crippen LogP contribution in [0.4, 0.5) is 5.00 Å². The molecule has 3 nitrogen and oxygen atoms in total. The molecule has 2 aromatic rings. The molecule has 0 radical (unpaired) electrons. The molecule has 2 aliphatic rings. The van der Waals surface area contributed by atoms with E-state index in [1.807, 2.05) is 24.3 Å². The van der Waals surface area contributed by atoms with Gasteiger partial charge in [-0.05, 0) is 53.9 Å². The maximum atomic E-state index is 12.8. The van der Waals surface area contributed by atoms with E-state index in [0.717, 1.165) is 33.4 Å². The third-order valence-electron chi connectivity index (χ3n) is 5.45. The number of rotatable bonds is 1. The van der Waals surface area contributed by atoms with Crippen molar-refractivity contribution in [3.05, 3.63) is 50.3 Å². The van der Waals surface area contributed by atoms with Crippen molar-refractivity contribution >= 4 is 38.2 Å². The molecule has 2 heterocycles. The first kappa shape index (κ1) is 17.1. The lowest BCUT2D eigenvalue weighted by molar-refractivity contribution is 0.0935. The number of hydrogen-bond donors (Lipinski definition) is 2. The van der Waals surface area contributed by atoms with Crippen LogP contribution in [-0.2, 0) is 12.8 Å². The molecule has 1 aliphatic heterocycles. The van der Waals surface area contributed by atoms with Gasteiger partial charge in [-0.3, -0.25) is 4.79 Å². The number of carbonyl (C=O) groups is 1. The van der Waals surface area contributed by atoms with Gasteiger partial charge in [-0.1, -0.05) is 48.8 Å². The standard InChI is InChI=1S/C20H23BrN2OS/c1-20(2,3)12-7-8-14-15(10-12)25-19-16(14)18(24)22-17(23-19)11-5-4-6-13(21)9-11/h4-6,9,12,17,23H,7-8,10H2,1-3H3,(H,22,24)/t12-,17+/m0/s1. The second-order valence-electron chi connectivity index (χ2n) is 8.12. The average molecular weight is 419 g/mol. The SMILES string of the molecule is CC(C)(C)[C@H]1CCc2c(sc3c2C(=O)N[C@@H](c2cccc(Br)c2)N3)C1. The van der Waals surface area contributed by atoms with Crippen LogP contribution in [0.2, 0.25) is 0 Å². The normalized spacial score (nSPS) is 22.6. The molecule has 0 saturated heterocycles. The van der Waals surface area contributed by atoms with E-state index in [-0.39, 0.29) is 12.1 Å². The number of halogens is 1. The summed E-state index contributed by atoms with van der Waals surface area (Å²) in [5.41, 5.74) is 3.54. The van der Waals surface area contributed by atoms with Crippen molar-refractivity contribution in [2.45, 2.75) is 46.2 Å². The first-order valence-corrected chi connectivity index (χ1v) is 10.4. The third kappa shape index (κ3) is 3.13. The fourth-order valence-electron chi connectivity index (χ4n) is 3.89. The number of anilines is 1. The van der Waals surface area contributed by atoms with Gasteiger partial charge in [0.15, 0.2) is 0 Å². The second kappa shape index (κ2) is 6.13. The van der Waals surface area contributed by atoms with Crippen molar-refractivity contribution in [2.24, 2.45) is 11.3 Å². The van der Waals surface area contributed by atoms with Crippen LogP contribution in [-0.4, -0.2) is 5.91 Å². The molecule has 0 saturated carbocycles. The molecule has 0 fully saturated rings. The molecule has 132 valence electrons. The van der Waals surface area contributed by atoms with Gasteiger partial charge < -0.3 is 10.6 Å². The molecule has 4 rings (SSSR count). The van der Waals surface area contributed by atoms with Crippen LogP contribution in [0.1, 0.15) is 59.7 Å². The Morgan fingerprint density at radius 1 is 1.24 bits per heavy atom. The number of carbonyl (C=O) groups excluding carboxylic acids is 1. The van der Waals surface area contributed by atoms with Crippen LogP contribution in [0.3, 0.4) is 0 Å². The minimum atomic E-state index is -0.170. The topological polar surface area (TPSA) is 41.1 Å². The Hall–Kier alpha value is -1.33. The summed E-state index contributed by atoms with van der Waals surface area (Å²) in [5, 5.41) is 7.71. The Bertz CT molecular complexity index is 837. The molecular formula is C20H23BrN2OS. The highest BCUT2D eigenvalue weighted by Crippen LogP contribution is 2.46. The molecule has 2 atom stereocenters. The van der Waals surface area contributed by atoms with Crippen molar-refractivity contribution < 1.29 is 4.79 Å². The van der Waals surface area contributed by atoms with Gasteiger partial charge in [0.05, 0.1) is 5.56 Å². The quantitative estimate of drug-likeness (QED) is 0.640. The lowest BCUT2D eigenvalue weighted by Gasteiger charge is -2.34. The number of nitrogens with one attached hydrogen (secondary N) is 2. The van der Waals surface area contributed by atoms with Crippen LogP contribution < -0.4 is 10.6 Å². The number of hydrogen-bond acceptors (Lipinski definition) is 3. The summed E-state index contributed by atoms with van der Waals surface area (Å²) in [5.74, 6) is 0.745. The molecule has 25 heavy (non-hydrogen) atoms. The second-order valence-corrected chi connectivity index (χ2v) is 10.1. The molecular weight excluding hydrogens is 396 g/mol. The summed E-state index contributed by atoms with van der Waals surface area (Å²) < 4.78 is 1.02. The van der Waals surface area contributed by atoms with Crippen LogP contribution in [0.15, 0.2) is 28.7 Å². The Balaban J connectivity index is 1.66. The zero-order valence-corrected chi connectivity index (χ0v) is 17.2. The van der Waals surface area contributed by atoms with E-state index in [9.17, 15) is 4.79 Å². The number of thiophene rings is 1. The van der Waals surface area contributed by atoms with Gasteiger partial charge in [0.2, 0.25) is 0 Å². The third-order valence-corrected chi connectivity index (χ3v) is 7.13. The Kier molecular flexibility index (Phi) is 4.19. The highest BCUT2D eigenvalue weighted by Gasteiger charge is 2.36. The van der Waals surface area contributed by atoms with Gasteiger partial charge in [0, 0.05) is 9.35 Å². The van der Waals surface area contributed by atoms with E-state index in [1.165, 1.54) is 16.9 Å². The van der Waals surface area contributed by atoms with Gasteiger partial charge in [-0.2, -0.15) is 0 Å². The molecule has 0 spiro atoms. The van der Waals surface area contributed by atoms with Crippen molar-refractivity contribution in [3.63, 3.8) is 0 Å². The van der Waals surface area contributed by atoms with Gasteiger partial charge in [-0.25, -0.2) is 0 Å². The van der Waals surface area contributed by atoms with Crippen LogP contribution in [0, 0.1) is 11.3 Å². The molecule has 5 heteroatoms. The highest BCUT2D eigenvalue weighted by atomic mass is 79.9. The van der Waals surface area contributed by atoms with Crippen molar-refractivity contribution in [1.29, 1.82) is 0 Å². The van der Waals surface area contributed by atoms with Gasteiger partial charge in [0.25, 0.3) is 5.91 Å². The first-order valence-electron chi connectivity index (χ1n) is 8.80. The predicted octanol–water partition coefficient (Wildman–Crippen LogP) is 5.52.